The van der Waals surface area contributed by atoms with E-state index >= 15 is 0 Å². The molecule has 7 heteroatoms. The summed E-state index contributed by atoms with van der Waals surface area (Å²) >= 11 is -2.25. The van der Waals surface area contributed by atoms with Gasteiger partial charge in [0.25, 0.3) is 5.69 Å². The minimum absolute atomic E-state index is 0.0176. The third-order valence-electron chi connectivity index (χ3n) is 4.19. The SMILES string of the molecule is Cc1cc(Cc2ccc(S(=O)O)cc2[N+](=O)[O-])ccc1Nc1ccccc1. The largest absolute Gasteiger partial charge is 0.355 e. The lowest BCUT2D eigenvalue weighted by Gasteiger charge is -2.12. The minimum atomic E-state index is -2.25. The van der Waals surface area contributed by atoms with Gasteiger partial charge in [-0.25, -0.2) is 4.21 Å². The number of benzene rings is 3. The van der Waals surface area contributed by atoms with Gasteiger partial charge in [0.2, 0.25) is 0 Å². The third kappa shape index (κ3) is 4.58. The van der Waals surface area contributed by atoms with Gasteiger partial charge in [0.05, 0.1) is 9.82 Å². The molecule has 0 bridgehead atoms. The molecule has 0 fully saturated rings. The monoisotopic (exact) mass is 382 g/mol. The van der Waals surface area contributed by atoms with Crippen LogP contribution >= 0.6 is 0 Å². The van der Waals surface area contributed by atoms with Gasteiger partial charge in [-0.05, 0) is 42.3 Å². The van der Waals surface area contributed by atoms with Crippen LogP contribution in [0, 0.1) is 17.0 Å². The van der Waals surface area contributed by atoms with Crippen molar-refractivity contribution < 1.29 is 13.7 Å². The second-order valence-electron chi connectivity index (χ2n) is 6.11. The first-order valence-corrected chi connectivity index (χ1v) is 9.34. The van der Waals surface area contributed by atoms with E-state index in [0.29, 0.717) is 12.0 Å². The molecule has 0 aliphatic rings. The van der Waals surface area contributed by atoms with Gasteiger partial charge in [-0.3, -0.25) is 10.1 Å². The molecule has 2 N–H and O–H groups in total. The van der Waals surface area contributed by atoms with E-state index in [4.69, 9.17) is 4.55 Å². The Morgan fingerprint density at radius 3 is 2.44 bits per heavy atom. The van der Waals surface area contributed by atoms with Crippen LogP contribution in [0.15, 0.2) is 71.6 Å². The van der Waals surface area contributed by atoms with Crippen molar-refractivity contribution in [1.29, 1.82) is 0 Å². The van der Waals surface area contributed by atoms with Crippen LogP contribution in [0.2, 0.25) is 0 Å². The Hall–Kier alpha value is -3.03. The molecule has 0 saturated carbocycles. The van der Waals surface area contributed by atoms with E-state index < -0.39 is 16.0 Å². The second-order valence-corrected chi connectivity index (χ2v) is 7.08. The molecular formula is C20H18N2O4S. The number of nitrogens with zero attached hydrogens (tertiary/aromatic N) is 1. The highest BCUT2D eigenvalue weighted by atomic mass is 32.2. The van der Waals surface area contributed by atoms with Crippen LogP contribution in [0.1, 0.15) is 16.7 Å². The van der Waals surface area contributed by atoms with Crippen LogP contribution in [0.4, 0.5) is 17.1 Å². The number of rotatable bonds is 6. The highest BCUT2D eigenvalue weighted by Gasteiger charge is 2.17. The van der Waals surface area contributed by atoms with E-state index in [1.54, 1.807) is 0 Å². The Labute approximate surface area is 159 Å². The Kier molecular flexibility index (Phi) is 5.63. The highest BCUT2D eigenvalue weighted by Crippen LogP contribution is 2.27. The molecule has 0 spiro atoms. The number of aryl methyl sites for hydroxylation is 1. The van der Waals surface area contributed by atoms with Gasteiger partial charge in [-0.1, -0.05) is 36.4 Å². The summed E-state index contributed by atoms with van der Waals surface area (Å²) in [6.07, 6.45) is 0.362. The van der Waals surface area contributed by atoms with E-state index in [1.165, 1.54) is 12.1 Å². The van der Waals surface area contributed by atoms with E-state index in [-0.39, 0.29) is 10.6 Å². The molecule has 0 amide bonds. The topological polar surface area (TPSA) is 92.5 Å². The molecule has 3 aromatic rings. The number of nitrogens with one attached hydrogen (secondary N) is 1. The highest BCUT2D eigenvalue weighted by molar-refractivity contribution is 7.79. The average Bonchev–Trinajstić information content (AvgIpc) is 2.65. The van der Waals surface area contributed by atoms with E-state index in [2.05, 4.69) is 5.32 Å². The van der Waals surface area contributed by atoms with E-state index in [0.717, 1.165) is 28.6 Å². The van der Waals surface area contributed by atoms with Crippen molar-refractivity contribution in [2.45, 2.75) is 18.2 Å². The molecule has 3 rings (SSSR count). The predicted molar refractivity (Wildman–Crippen MR) is 106 cm³/mol. The minimum Gasteiger partial charge on any atom is -0.355 e. The maximum absolute atomic E-state index is 11.3. The van der Waals surface area contributed by atoms with Crippen LogP contribution in [-0.2, 0) is 17.5 Å². The lowest BCUT2D eigenvalue weighted by Crippen LogP contribution is -2.00. The van der Waals surface area contributed by atoms with Crippen molar-refractivity contribution in [3.8, 4) is 0 Å². The fourth-order valence-corrected chi connectivity index (χ4v) is 3.24. The molecule has 0 radical (unpaired) electrons. The van der Waals surface area contributed by atoms with Crippen LogP contribution in [-0.4, -0.2) is 13.7 Å². The number of nitro groups is 1. The molecule has 0 aliphatic heterocycles. The average molecular weight is 382 g/mol. The summed E-state index contributed by atoms with van der Waals surface area (Å²) in [5.74, 6) is 0. The quantitative estimate of drug-likeness (QED) is 0.362. The molecular weight excluding hydrogens is 364 g/mol. The smallest absolute Gasteiger partial charge is 0.274 e. The molecule has 0 aliphatic carbocycles. The van der Waals surface area contributed by atoms with Crippen molar-refractivity contribution in [2.24, 2.45) is 0 Å². The maximum Gasteiger partial charge on any atom is 0.274 e. The Balaban J connectivity index is 1.85. The first-order valence-electron chi connectivity index (χ1n) is 8.24. The molecule has 27 heavy (non-hydrogen) atoms. The van der Waals surface area contributed by atoms with Crippen molar-refractivity contribution in [3.63, 3.8) is 0 Å². The lowest BCUT2D eigenvalue weighted by atomic mass is 10.0. The number of hydrogen-bond donors (Lipinski definition) is 2. The first kappa shape index (κ1) is 18.8. The van der Waals surface area contributed by atoms with Crippen molar-refractivity contribution >= 4 is 28.1 Å². The molecule has 138 valence electrons. The summed E-state index contributed by atoms with van der Waals surface area (Å²) in [5.41, 5.74) is 4.23. The van der Waals surface area contributed by atoms with Gasteiger partial charge in [0.15, 0.2) is 11.1 Å². The van der Waals surface area contributed by atoms with Crippen LogP contribution < -0.4 is 5.32 Å². The number of para-hydroxylation sites is 1. The Morgan fingerprint density at radius 1 is 1.07 bits per heavy atom. The Bertz CT molecular complexity index is 1010. The van der Waals surface area contributed by atoms with Crippen molar-refractivity contribution in [1.82, 2.24) is 0 Å². The summed E-state index contributed by atoms with van der Waals surface area (Å²) in [7, 11) is 0. The fourth-order valence-electron chi connectivity index (χ4n) is 2.84. The van der Waals surface area contributed by atoms with Gasteiger partial charge < -0.3 is 9.87 Å². The second kappa shape index (κ2) is 8.11. The number of nitro benzene ring substituents is 1. The predicted octanol–water partition coefficient (Wildman–Crippen LogP) is 4.82. The van der Waals surface area contributed by atoms with Gasteiger partial charge in [-0.15, -0.1) is 0 Å². The number of hydrogen-bond acceptors (Lipinski definition) is 4. The zero-order valence-electron chi connectivity index (χ0n) is 14.6. The van der Waals surface area contributed by atoms with Gasteiger partial charge in [0.1, 0.15) is 0 Å². The summed E-state index contributed by atoms with van der Waals surface area (Å²) in [4.78, 5) is 10.8. The van der Waals surface area contributed by atoms with Crippen LogP contribution in [0.25, 0.3) is 0 Å². The normalized spacial score (nSPS) is 11.8. The van der Waals surface area contributed by atoms with Crippen molar-refractivity contribution in [2.75, 3.05) is 5.32 Å². The Morgan fingerprint density at radius 2 is 1.81 bits per heavy atom. The fraction of sp³-hybridized carbons (Fsp3) is 0.100. The first-order chi connectivity index (χ1) is 12.9. The molecule has 6 nitrogen and oxygen atoms in total. The molecule has 1 atom stereocenters. The summed E-state index contributed by atoms with van der Waals surface area (Å²) in [5, 5.41) is 14.7. The van der Waals surface area contributed by atoms with Crippen molar-refractivity contribution in [3.05, 3.63) is 93.5 Å². The van der Waals surface area contributed by atoms with Crippen LogP contribution in [0.3, 0.4) is 0 Å². The summed E-state index contributed by atoms with van der Waals surface area (Å²) < 4.78 is 20.3. The van der Waals surface area contributed by atoms with Crippen LogP contribution in [0.5, 0.6) is 0 Å². The van der Waals surface area contributed by atoms with E-state index in [1.807, 2.05) is 55.5 Å². The zero-order chi connectivity index (χ0) is 19.4. The lowest BCUT2D eigenvalue weighted by molar-refractivity contribution is -0.385. The number of anilines is 2. The standard InChI is InChI=1S/C20H18N2O4S/c1-14-11-15(7-10-19(14)21-17-5-3-2-4-6-17)12-16-8-9-18(27(25)26)13-20(16)22(23)24/h2-11,13,21H,12H2,1H3,(H,25,26). The maximum atomic E-state index is 11.3. The van der Waals surface area contributed by atoms with Gasteiger partial charge >= 0.3 is 0 Å². The molecule has 1 unspecified atom stereocenters. The zero-order valence-corrected chi connectivity index (χ0v) is 15.4. The third-order valence-corrected chi connectivity index (χ3v) is 4.85. The molecule has 0 heterocycles. The molecule has 3 aromatic carbocycles. The summed E-state index contributed by atoms with van der Waals surface area (Å²) in [6, 6.07) is 19.8. The van der Waals surface area contributed by atoms with Gasteiger partial charge in [-0.2, -0.15) is 0 Å². The van der Waals surface area contributed by atoms with E-state index in [9.17, 15) is 14.3 Å². The van der Waals surface area contributed by atoms with Gasteiger partial charge in [0, 0.05) is 29.4 Å². The molecule has 0 saturated heterocycles. The summed E-state index contributed by atoms with van der Waals surface area (Å²) in [6.45, 7) is 1.97. The molecule has 0 aromatic heterocycles.